The van der Waals surface area contributed by atoms with Crippen LogP contribution in [0.1, 0.15) is 24.8 Å². The number of nitrogens with one attached hydrogen (secondary N) is 1. The number of ether oxygens (including phenoxy) is 1. The Hall–Kier alpha value is -2.91. The normalized spacial score (nSPS) is 16.4. The van der Waals surface area contributed by atoms with Gasteiger partial charge in [0.05, 0.1) is 23.8 Å². The number of rotatable bonds is 9. The summed E-state index contributed by atoms with van der Waals surface area (Å²) in [6.07, 6.45) is 2.39. The van der Waals surface area contributed by atoms with E-state index < -0.39 is 10.0 Å². The van der Waals surface area contributed by atoms with Gasteiger partial charge in [-0.05, 0) is 49.1 Å². The molecule has 2 amide bonds. The van der Waals surface area contributed by atoms with E-state index in [0.29, 0.717) is 32.7 Å². The maximum Gasteiger partial charge on any atom is 0.238 e. The number of benzene rings is 2. The molecule has 3 rings (SSSR count). The van der Waals surface area contributed by atoms with Crippen molar-refractivity contribution in [1.82, 2.24) is 10.2 Å². The van der Waals surface area contributed by atoms with E-state index in [1.165, 1.54) is 12.1 Å². The van der Waals surface area contributed by atoms with Gasteiger partial charge in [-0.3, -0.25) is 9.59 Å². The van der Waals surface area contributed by atoms with Crippen molar-refractivity contribution >= 4 is 21.8 Å². The van der Waals surface area contributed by atoms with Crippen LogP contribution in [0.25, 0.3) is 0 Å². The summed E-state index contributed by atoms with van der Waals surface area (Å²) in [5.41, 5.74) is 0.900. The van der Waals surface area contributed by atoms with Crippen LogP contribution in [-0.2, 0) is 26.0 Å². The summed E-state index contributed by atoms with van der Waals surface area (Å²) in [5, 5.41) is 8.02. The summed E-state index contributed by atoms with van der Waals surface area (Å²) in [6, 6.07) is 15.6. The van der Waals surface area contributed by atoms with Gasteiger partial charge in [0.15, 0.2) is 0 Å². The first-order chi connectivity index (χ1) is 15.3. The van der Waals surface area contributed by atoms with Crippen molar-refractivity contribution in [2.75, 3.05) is 26.2 Å². The van der Waals surface area contributed by atoms with E-state index in [4.69, 9.17) is 9.88 Å². The second-order valence-electron chi connectivity index (χ2n) is 7.82. The van der Waals surface area contributed by atoms with Gasteiger partial charge in [-0.1, -0.05) is 30.3 Å². The minimum absolute atomic E-state index is 0.00613. The Balaban J connectivity index is 1.40. The molecule has 32 heavy (non-hydrogen) atoms. The van der Waals surface area contributed by atoms with E-state index >= 15 is 0 Å². The predicted molar refractivity (Wildman–Crippen MR) is 120 cm³/mol. The number of amides is 2. The van der Waals surface area contributed by atoms with Crippen molar-refractivity contribution in [3.05, 3.63) is 60.2 Å². The van der Waals surface area contributed by atoms with Crippen LogP contribution in [0.4, 0.5) is 0 Å². The molecule has 9 heteroatoms. The van der Waals surface area contributed by atoms with Crippen LogP contribution in [0.5, 0.6) is 5.75 Å². The van der Waals surface area contributed by atoms with Gasteiger partial charge < -0.3 is 15.0 Å². The van der Waals surface area contributed by atoms with E-state index in [2.05, 4.69) is 5.32 Å². The first-order valence-corrected chi connectivity index (χ1v) is 12.2. The van der Waals surface area contributed by atoms with E-state index in [0.717, 1.165) is 24.2 Å². The maximum absolute atomic E-state index is 12.6. The largest absolute Gasteiger partial charge is 0.493 e. The Morgan fingerprint density at radius 3 is 2.50 bits per heavy atom. The summed E-state index contributed by atoms with van der Waals surface area (Å²) in [6.45, 7) is 1.81. The van der Waals surface area contributed by atoms with Crippen LogP contribution in [-0.4, -0.2) is 51.4 Å². The molecule has 8 nitrogen and oxygen atoms in total. The van der Waals surface area contributed by atoms with Gasteiger partial charge in [0.1, 0.15) is 5.75 Å². The fourth-order valence-electron chi connectivity index (χ4n) is 3.67. The number of piperidine rings is 1. The lowest BCUT2D eigenvalue weighted by Crippen LogP contribution is -2.46. The second kappa shape index (κ2) is 11.1. The molecule has 2 aromatic rings. The van der Waals surface area contributed by atoms with Gasteiger partial charge in [-0.15, -0.1) is 0 Å². The third-order valence-corrected chi connectivity index (χ3v) is 6.37. The summed E-state index contributed by atoms with van der Waals surface area (Å²) < 4.78 is 28.2. The van der Waals surface area contributed by atoms with Crippen molar-refractivity contribution in [3.63, 3.8) is 0 Å². The third-order valence-electron chi connectivity index (χ3n) is 5.44. The van der Waals surface area contributed by atoms with Crippen LogP contribution in [0.3, 0.4) is 0 Å². The fraction of sp³-hybridized carbons (Fsp3) is 0.391. The molecule has 3 N–H and O–H groups in total. The molecule has 1 saturated heterocycles. The van der Waals surface area contributed by atoms with Gasteiger partial charge in [0.25, 0.3) is 0 Å². The Morgan fingerprint density at radius 2 is 1.81 bits per heavy atom. The van der Waals surface area contributed by atoms with Crippen LogP contribution < -0.4 is 15.2 Å². The van der Waals surface area contributed by atoms with Gasteiger partial charge >= 0.3 is 0 Å². The molecule has 172 valence electrons. The minimum atomic E-state index is -3.71. The maximum atomic E-state index is 12.6. The zero-order valence-electron chi connectivity index (χ0n) is 17.9. The van der Waals surface area contributed by atoms with Gasteiger partial charge in [0, 0.05) is 19.6 Å². The highest BCUT2D eigenvalue weighted by atomic mass is 32.2. The molecular formula is C23H29N3O5S. The van der Waals surface area contributed by atoms with E-state index in [1.807, 2.05) is 30.3 Å². The zero-order chi connectivity index (χ0) is 23.0. The van der Waals surface area contributed by atoms with Crippen LogP contribution in [0.15, 0.2) is 59.5 Å². The molecule has 2 aromatic carbocycles. The lowest BCUT2D eigenvalue weighted by Gasteiger charge is -2.32. The smallest absolute Gasteiger partial charge is 0.238 e. The number of nitrogens with two attached hydrogens (primary N) is 1. The molecule has 0 aromatic heterocycles. The first kappa shape index (κ1) is 23.7. The van der Waals surface area contributed by atoms with Gasteiger partial charge in [-0.25, -0.2) is 13.6 Å². The average molecular weight is 460 g/mol. The number of para-hydroxylation sites is 1. The van der Waals surface area contributed by atoms with Crippen LogP contribution in [0.2, 0.25) is 0 Å². The number of carbonyl (C=O) groups excluding carboxylic acids is 2. The number of nitrogens with zero attached hydrogens (tertiary/aromatic N) is 1. The Morgan fingerprint density at radius 1 is 1.09 bits per heavy atom. The molecule has 1 fully saturated rings. The molecule has 1 atom stereocenters. The Bertz CT molecular complexity index is 1010. The number of carbonyl (C=O) groups is 2. The first-order valence-electron chi connectivity index (χ1n) is 10.7. The molecular weight excluding hydrogens is 430 g/mol. The standard InChI is InChI=1S/C23H29N3O5S/c24-32(29,30)21-10-8-18(9-11-21)12-14-25-23(28)19-5-4-15-26(17-19)22(27)13-16-31-20-6-2-1-3-7-20/h1-3,6-11,19H,4-5,12-17H2,(H,25,28)(H2,24,29,30). The van der Waals surface area contributed by atoms with E-state index in [-0.39, 0.29) is 29.0 Å². The quantitative estimate of drug-likeness (QED) is 0.592. The Kier molecular flexibility index (Phi) is 8.24. The van der Waals surface area contributed by atoms with E-state index in [1.54, 1.807) is 17.0 Å². The summed E-state index contributed by atoms with van der Waals surface area (Å²) in [4.78, 5) is 26.9. The molecule has 0 radical (unpaired) electrons. The van der Waals surface area contributed by atoms with Gasteiger partial charge in [0.2, 0.25) is 21.8 Å². The summed E-state index contributed by atoms with van der Waals surface area (Å²) >= 11 is 0. The second-order valence-corrected chi connectivity index (χ2v) is 9.38. The molecule has 1 heterocycles. The number of primary sulfonamides is 1. The molecule has 0 aliphatic carbocycles. The predicted octanol–water partition coefficient (Wildman–Crippen LogP) is 1.70. The van der Waals surface area contributed by atoms with E-state index in [9.17, 15) is 18.0 Å². The fourth-order valence-corrected chi connectivity index (χ4v) is 4.18. The molecule has 0 bridgehead atoms. The summed E-state index contributed by atoms with van der Waals surface area (Å²) in [5.74, 6) is 0.431. The lowest BCUT2D eigenvalue weighted by molar-refractivity contribution is -0.136. The van der Waals surface area contributed by atoms with Crippen molar-refractivity contribution < 1.29 is 22.7 Å². The highest BCUT2D eigenvalue weighted by Gasteiger charge is 2.28. The lowest BCUT2D eigenvalue weighted by atomic mass is 9.96. The van der Waals surface area contributed by atoms with Crippen molar-refractivity contribution in [3.8, 4) is 5.75 Å². The monoisotopic (exact) mass is 459 g/mol. The SMILES string of the molecule is NS(=O)(=O)c1ccc(CCNC(=O)C2CCCN(C(=O)CCOc3ccccc3)C2)cc1. The molecule has 0 spiro atoms. The molecule has 1 aliphatic heterocycles. The van der Waals surface area contributed by atoms with Crippen molar-refractivity contribution in [2.45, 2.75) is 30.6 Å². The van der Waals surface area contributed by atoms with Crippen LogP contribution in [0, 0.1) is 5.92 Å². The van der Waals surface area contributed by atoms with Crippen molar-refractivity contribution in [2.24, 2.45) is 11.1 Å². The molecule has 1 unspecified atom stereocenters. The highest BCUT2D eigenvalue weighted by molar-refractivity contribution is 7.89. The summed E-state index contributed by atoms with van der Waals surface area (Å²) in [7, 11) is -3.71. The highest BCUT2D eigenvalue weighted by Crippen LogP contribution is 2.18. The number of hydrogen-bond acceptors (Lipinski definition) is 5. The third kappa shape index (κ3) is 7.06. The molecule has 1 aliphatic rings. The number of hydrogen-bond donors (Lipinski definition) is 2. The zero-order valence-corrected chi connectivity index (χ0v) is 18.7. The number of likely N-dealkylation sites (tertiary alicyclic amines) is 1. The molecule has 0 saturated carbocycles. The van der Waals surface area contributed by atoms with Crippen LogP contribution >= 0.6 is 0 Å². The topological polar surface area (TPSA) is 119 Å². The average Bonchev–Trinajstić information content (AvgIpc) is 2.79. The van der Waals surface area contributed by atoms with Crippen molar-refractivity contribution in [1.29, 1.82) is 0 Å². The minimum Gasteiger partial charge on any atom is -0.493 e. The number of sulfonamides is 1. The Labute approximate surface area is 188 Å². The van der Waals surface area contributed by atoms with Gasteiger partial charge in [-0.2, -0.15) is 0 Å².